The number of rotatable bonds is 0. The van der Waals surface area contributed by atoms with Crippen molar-refractivity contribution >= 4 is 0 Å². The molecule has 0 aliphatic rings. The van der Waals surface area contributed by atoms with Crippen LogP contribution < -0.4 is 103 Å². The Bertz CT molecular complexity index is 7.61. The third-order valence-corrected chi connectivity index (χ3v) is 0. The van der Waals surface area contributed by atoms with Gasteiger partial charge in [0.15, 0.2) is 0 Å². The first-order chi connectivity index (χ1) is 0. The van der Waals surface area contributed by atoms with Gasteiger partial charge in [-0.15, -0.1) is 0 Å². The van der Waals surface area contributed by atoms with Crippen LogP contribution in [0.4, 0.5) is 4.70 Å². The molecule has 0 spiro atoms. The summed E-state index contributed by atoms with van der Waals surface area (Å²) in [5.74, 6) is 0. The quantitative estimate of drug-likeness (QED) is 0.308. The molecule has 5 heteroatoms. The fraction of sp³-hybridized carbons (Fsp3) is 0. The summed E-state index contributed by atoms with van der Waals surface area (Å²) in [5, 5.41) is 0. The molecular weight excluding hydrogens is 129 g/mol. The van der Waals surface area contributed by atoms with Crippen molar-refractivity contribution in [2.24, 2.45) is 0 Å². The van der Waals surface area contributed by atoms with E-state index in [1.807, 2.05) is 0 Å². The Morgan fingerprint density at radius 2 is 0.600 bits per heavy atom. The van der Waals surface area contributed by atoms with E-state index in [0.29, 0.717) is 0 Å². The maximum atomic E-state index is 0. The minimum Gasteiger partial charge on any atom is -0.870 e. The fourth-order valence-corrected chi connectivity index (χ4v) is 0. The van der Waals surface area contributed by atoms with Crippen LogP contribution in [-0.2, 0) is 0 Å². The number of hydrogen-bond donors (Lipinski definition) is 0. The molecule has 0 amide bonds. The first-order valence-electron chi connectivity index (χ1n) is 0. The van der Waals surface area contributed by atoms with Crippen LogP contribution in [0.3, 0.4) is 0 Å². The van der Waals surface area contributed by atoms with E-state index < -0.39 is 0 Å². The van der Waals surface area contributed by atoms with Crippen LogP contribution in [-0.4, -0.2) is 11.0 Å². The second-order valence-electron chi connectivity index (χ2n) is 0. The van der Waals surface area contributed by atoms with Crippen molar-refractivity contribution in [3.63, 3.8) is 0 Å². The Morgan fingerprint density at radius 1 is 0.600 bits per heavy atom. The molecule has 24 valence electrons. The van der Waals surface area contributed by atoms with Gasteiger partial charge in [-0.3, -0.25) is 4.70 Å². The Kier molecular flexibility index (Phi) is 231. The van der Waals surface area contributed by atoms with Crippen LogP contribution in [0, 0.1) is 0 Å². The molecule has 5 heavy (non-hydrogen) atoms. The van der Waals surface area contributed by atoms with Crippen LogP contribution in [0.2, 0.25) is 0 Å². The SMILES string of the molecule is F.[K+].[K+].[OH-].[OH-]. The van der Waals surface area contributed by atoms with Crippen molar-refractivity contribution in [1.29, 1.82) is 0 Å². The van der Waals surface area contributed by atoms with Crippen LogP contribution in [0.15, 0.2) is 0 Å². The topological polar surface area (TPSA) is 60.0 Å². The summed E-state index contributed by atoms with van der Waals surface area (Å²) < 4.78 is 0. The zero-order valence-corrected chi connectivity index (χ0v) is 9.55. The summed E-state index contributed by atoms with van der Waals surface area (Å²) in [5.41, 5.74) is 0. The summed E-state index contributed by atoms with van der Waals surface area (Å²) in [4.78, 5) is 0. The average Bonchev–Trinajstić information content (AvgIpc) is 0. The third kappa shape index (κ3) is 19.2. The van der Waals surface area contributed by atoms with Crippen molar-refractivity contribution in [2.75, 3.05) is 0 Å². The molecule has 0 unspecified atom stereocenters. The Labute approximate surface area is 115 Å². The molecule has 0 aromatic carbocycles. The van der Waals surface area contributed by atoms with Crippen molar-refractivity contribution in [1.82, 2.24) is 0 Å². The van der Waals surface area contributed by atoms with E-state index >= 15 is 0 Å². The molecule has 0 rings (SSSR count). The number of halogens is 1. The molecule has 0 heterocycles. The first kappa shape index (κ1) is 42.3. The average molecular weight is 132 g/mol. The molecular formula is H3FK2O2. The van der Waals surface area contributed by atoms with Gasteiger partial charge in [0.25, 0.3) is 0 Å². The number of hydrogen-bond acceptors (Lipinski definition) is 2. The van der Waals surface area contributed by atoms with Crippen LogP contribution in [0.25, 0.3) is 0 Å². The van der Waals surface area contributed by atoms with E-state index in [1.54, 1.807) is 0 Å². The fourth-order valence-electron chi connectivity index (χ4n) is 0. The Hall–Kier alpha value is 3.12. The molecule has 0 aliphatic carbocycles. The predicted molar refractivity (Wildman–Crippen MR) is 6.37 cm³/mol. The standard InChI is InChI=1S/FH.2K.2H2O/h1H;;;2*1H2/q;2*+1;;/p-2. The van der Waals surface area contributed by atoms with Gasteiger partial charge >= 0.3 is 103 Å². The molecule has 0 aromatic heterocycles. The Balaban J connectivity index is 0. The van der Waals surface area contributed by atoms with E-state index in [1.165, 1.54) is 0 Å². The molecule has 0 bridgehead atoms. The summed E-state index contributed by atoms with van der Waals surface area (Å²) in [6.07, 6.45) is 0. The summed E-state index contributed by atoms with van der Waals surface area (Å²) in [6, 6.07) is 0. The van der Waals surface area contributed by atoms with Gasteiger partial charge < -0.3 is 11.0 Å². The zero-order chi connectivity index (χ0) is 0. The van der Waals surface area contributed by atoms with Gasteiger partial charge in [0.2, 0.25) is 0 Å². The molecule has 0 aromatic rings. The molecule has 0 saturated carbocycles. The summed E-state index contributed by atoms with van der Waals surface area (Å²) >= 11 is 0. The second-order valence-corrected chi connectivity index (χ2v) is 0. The van der Waals surface area contributed by atoms with Gasteiger partial charge in [0.05, 0.1) is 0 Å². The largest absolute Gasteiger partial charge is 1.00 e. The van der Waals surface area contributed by atoms with Crippen molar-refractivity contribution in [3.8, 4) is 0 Å². The van der Waals surface area contributed by atoms with E-state index in [-0.39, 0.29) is 118 Å². The summed E-state index contributed by atoms with van der Waals surface area (Å²) in [7, 11) is 0. The molecule has 0 aliphatic heterocycles. The van der Waals surface area contributed by atoms with Crippen LogP contribution in [0.5, 0.6) is 0 Å². The van der Waals surface area contributed by atoms with Gasteiger partial charge in [-0.1, -0.05) is 0 Å². The molecule has 0 saturated heterocycles. The van der Waals surface area contributed by atoms with Crippen molar-refractivity contribution < 1.29 is 118 Å². The van der Waals surface area contributed by atoms with Crippen LogP contribution in [0.1, 0.15) is 0 Å². The van der Waals surface area contributed by atoms with Gasteiger partial charge in [-0.05, 0) is 0 Å². The van der Waals surface area contributed by atoms with Gasteiger partial charge in [0, 0.05) is 0 Å². The zero-order valence-electron chi connectivity index (χ0n) is 3.30. The van der Waals surface area contributed by atoms with E-state index in [9.17, 15) is 0 Å². The van der Waals surface area contributed by atoms with E-state index in [2.05, 4.69) is 0 Å². The minimum absolute atomic E-state index is 0. The molecule has 2 nitrogen and oxygen atoms in total. The Morgan fingerprint density at radius 3 is 0.600 bits per heavy atom. The molecule has 0 atom stereocenters. The van der Waals surface area contributed by atoms with Crippen molar-refractivity contribution in [2.45, 2.75) is 0 Å². The summed E-state index contributed by atoms with van der Waals surface area (Å²) in [6.45, 7) is 0. The van der Waals surface area contributed by atoms with E-state index in [0.717, 1.165) is 0 Å². The normalized spacial score (nSPS) is 0. The van der Waals surface area contributed by atoms with Gasteiger partial charge in [-0.25, -0.2) is 0 Å². The minimum atomic E-state index is 0. The third-order valence-electron chi connectivity index (χ3n) is 0. The maximum Gasteiger partial charge on any atom is 1.00 e. The van der Waals surface area contributed by atoms with Crippen LogP contribution >= 0.6 is 0 Å². The monoisotopic (exact) mass is 132 g/mol. The molecule has 0 fully saturated rings. The molecule has 2 N–H and O–H groups in total. The van der Waals surface area contributed by atoms with Gasteiger partial charge in [0.1, 0.15) is 0 Å². The maximum absolute atomic E-state index is 0. The van der Waals surface area contributed by atoms with Crippen molar-refractivity contribution in [3.05, 3.63) is 0 Å². The second kappa shape index (κ2) is 27.4. The van der Waals surface area contributed by atoms with Gasteiger partial charge in [-0.2, -0.15) is 0 Å². The smallest absolute Gasteiger partial charge is 0.870 e. The first-order valence-corrected chi connectivity index (χ1v) is 0. The molecule has 0 radical (unpaired) electrons. The van der Waals surface area contributed by atoms with E-state index in [4.69, 9.17) is 0 Å². The predicted octanol–water partition coefficient (Wildman–Crippen LogP) is -6.19.